The Labute approximate surface area is 164 Å². The van der Waals surface area contributed by atoms with E-state index in [0.717, 1.165) is 18.2 Å². The van der Waals surface area contributed by atoms with E-state index in [9.17, 15) is 8.42 Å². The Morgan fingerprint density at radius 3 is 2.74 bits per heavy atom. The van der Waals surface area contributed by atoms with Crippen molar-refractivity contribution in [3.05, 3.63) is 46.7 Å². The quantitative estimate of drug-likeness (QED) is 0.762. The molecule has 4 rings (SSSR count). The standard InChI is InChI=1S/C18H22ClN5O2S/c1-14-11-23-13-20-17(10-18(23)21-14)22-5-7-24(8-6-22)27(25,26)12-15-3-2-4-16(19)9-15/h2-4,9-10,13-14H,5-8,11-12H2,1H3. The van der Waals surface area contributed by atoms with Gasteiger partial charge in [0.2, 0.25) is 10.0 Å². The summed E-state index contributed by atoms with van der Waals surface area (Å²) in [6.45, 7) is 5.06. The van der Waals surface area contributed by atoms with E-state index in [4.69, 9.17) is 11.6 Å². The van der Waals surface area contributed by atoms with Crippen molar-refractivity contribution in [1.82, 2.24) is 14.1 Å². The van der Waals surface area contributed by atoms with Crippen molar-refractivity contribution in [2.45, 2.75) is 18.7 Å². The monoisotopic (exact) mass is 407 g/mol. The molecule has 27 heavy (non-hydrogen) atoms. The minimum absolute atomic E-state index is 0.0297. The lowest BCUT2D eigenvalue weighted by atomic mass is 10.2. The van der Waals surface area contributed by atoms with Gasteiger partial charge in [0.05, 0.1) is 18.1 Å². The summed E-state index contributed by atoms with van der Waals surface area (Å²) in [5.41, 5.74) is 0.706. The predicted octanol–water partition coefficient (Wildman–Crippen LogP) is 1.77. The maximum Gasteiger partial charge on any atom is 0.218 e. The van der Waals surface area contributed by atoms with Gasteiger partial charge in [-0.1, -0.05) is 23.7 Å². The second-order valence-corrected chi connectivity index (χ2v) is 9.41. The molecule has 7 nitrogen and oxygen atoms in total. The first-order chi connectivity index (χ1) is 12.9. The topological polar surface area (TPSA) is 68.6 Å². The SMILES string of the molecule is CC1CN2C=NC(N3CCN(S(=O)(=O)Cc4cccc(Cl)c4)CC3)=CC2=N1. The van der Waals surface area contributed by atoms with E-state index in [1.54, 1.807) is 28.6 Å². The summed E-state index contributed by atoms with van der Waals surface area (Å²) in [5, 5.41) is 0.549. The number of hydrogen-bond acceptors (Lipinski definition) is 6. The second-order valence-electron chi connectivity index (χ2n) is 7.01. The van der Waals surface area contributed by atoms with Crippen molar-refractivity contribution >= 4 is 33.8 Å². The van der Waals surface area contributed by atoms with Crippen LogP contribution in [0.25, 0.3) is 0 Å². The van der Waals surface area contributed by atoms with Crippen LogP contribution in [0.1, 0.15) is 12.5 Å². The highest BCUT2D eigenvalue weighted by Gasteiger charge is 2.30. The fourth-order valence-corrected chi connectivity index (χ4v) is 5.24. The number of fused-ring (bicyclic) bond motifs is 1. The third-order valence-corrected chi connectivity index (χ3v) is 6.97. The molecule has 3 aliphatic rings. The van der Waals surface area contributed by atoms with E-state index < -0.39 is 10.0 Å². The highest BCUT2D eigenvalue weighted by atomic mass is 35.5. The molecule has 0 spiro atoms. The van der Waals surface area contributed by atoms with Gasteiger partial charge in [-0.3, -0.25) is 4.99 Å². The van der Waals surface area contributed by atoms with Gasteiger partial charge >= 0.3 is 0 Å². The maximum absolute atomic E-state index is 12.7. The molecule has 1 atom stereocenters. The Hall–Kier alpha value is -1.90. The number of piperazine rings is 1. The van der Waals surface area contributed by atoms with Crippen LogP contribution in [0.3, 0.4) is 0 Å². The van der Waals surface area contributed by atoms with Crippen LogP contribution in [0, 0.1) is 0 Å². The molecule has 1 aromatic carbocycles. The van der Waals surface area contributed by atoms with Gasteiger partial charge in [-0.25, -0.2) is 13.4 Å². The molecule has 144 valence electrons. The van der Waals surface area contributed by atoms with Gasteiger partial charge in [0.15, 0.2) is 0 Å². The van der Waals surface area contributed by atoms with E-state index in [1.807, 2.05) is 17.3 Å². The number of rotatable bonds is 4. The Bertz CT molecular complexity index is 919. The third kappa shape index (κ3) is 4.02. The van der Waals surface area contributed by atoms with Gasteiger partial charge in [0.1, 0.15) is 11.7 Å². The van der Waals surface area contributed by atoms with Crippen molar-refractivity contribution in [2.75, 3.05) is 32.7 Å². The molecule has 1 aromatic rings. The molecule has 3 aliphatic heterocycles. The first-order valence-corrected chi connectivity index (χ1v) is 11.0. The fraction of sp³-hybridized carbons (Fsp3) is 0.444. The zero-order chi connectivity index (χ0) is 19.0. The van der Waals surface area contributed by atoms with Gasteiger partial charge in [0.25, 0.3) is 0 Å². The van der Waals surface area contributed by atoms with E-state index in [2.05, 4.69) is 21.8 Å². The number of sulfonamides is 1. The molecular formula is C18H22ClN5O2S. The van der Waals surface area contributed by atoms with Crippen molar-refractivity contribution in [2.24, 2.45) is 9.98 Å². The number of hydrogen-bond donors (Lipinski definition) is 0. The summed E-state index contributed by atoms with van der Waals surface area (Å²) in [4.78, 5) is 13.3. The zero-order valence-corrected chi connectivity index (χ0v) is 16.7. The molecule has 0 amide bonds. The van der Waals surface area contributed by atoms with Gasteiger partial charge in [0, 0.05) is 43.8 Å². The number of halogens is 1. The highest BCUT2D eigenvalue weighted by Crippen LogP contribution is 2.21. The molecule has 1 fully saturated rings. The smallest absolute Gasteiger partial charge is 0.218 e. The van der Waals surface area contributed by atoms with E-state index in [1.165, 1.54) is 0 Å². The Morgan fingerprint density at radius 1 is 1.22 bits per heavy atom. The number of nitrogens with zero attached hydrogens (tertiary/aromatic N) is 5. The van der Waals surface area contributed by atoms with Crippen LogP contribution in [0.2, 0.25) is 5.02 Å². The highest BCUT2D eigenvalue weighted by molar-refractivity contribution is 7.88. The van der Waals surface area contributed by atoms with Crippen molar-refractivity contribution in [3.63, 3.8) is 0 Å². The Balaban J connectivity index is 1.39. The van der Waals surface area contributed by atoms with Gasteiger partial charge in [-0.2, -0.15) is 4.31 Å². The molecule has 0 aliphatic carbocycles. The van der Waals surface area contributed by atoms with Crippen LogP contribution in [0.15, 0.2) is 46.1 Å². The normalized spacial score (nSPS) is 23.3. The molecule has 0 N–H and O–H groups in total. The van der Waals surface area contributed by atoms with Crippen LogP contribution in [0.5, 0.6) is 0 Å². The Kier molecular flexibility index (Phi) is 4.96. The number of aliphatic imine (C=N–C) groups is 2. The van der Waals surface area contributed by atoms with Crippen LogP contribution in [-0.2, 0) is 15.8 Å². The summed E-state index contributed by atoms with van der Waals surface area (Å²) in [6.07, 6.45) is 3.81. The summed E-state index contributed by atoms with van der Waals surface area (Å²) >= 11 is 5.96. The van der Waals surface area contributed by atoms with Crippen molar-refractivity contribution in [1.29, 1.82) is 0 Å². The molecule has 0 saturated carbocycles. The second kappa shape index (κ2) is 7.26. The fourth-order valence-electron chi connectivity index (χ4n) is 3.52. The van der Waals surface area contributed by atoms with E-state index in [-0.39, 0.29) is 11.8 Å². The number of benzene rings is 1. The maximum atomic E-state index is 12.7. The molecule has 0 radical (unpaired) electrons. The third-order valence-electron chi connectivity index (χ3n) is 4.89. The molecule has 1 unspecified atom stereocenters. The van der Waals surface area contributed by atoms with Crippen LogP contribution in [-0.4, -0.2) is 73.5 Å². The zero-order valence-electron chi connectivity index (χ0n) is 15.1. The molecule has 0 bridgehead atoms. The van der Waals surface area contributed by atoms with Crippen molar-refractivity contribution in [3.8, 4) is 0 Å². The molecule has 9 heteroatoms. The Morgan fingerprint density at radius 2 is 2.00 bits per heavy atom. The van der Waals surface area contributed by atoms with Crippen LogP contribution in [0.4, 0.5) is 0 Å². The van der Waals surface area contributed by atoms with E-state index >= 15 is 0 Å². The van der Waals surface area contributed by atoms with Crippen molar-refractivity contribution < 1.29 is 8.42 Å². The lowest BCUT2D eigenvalue weighted by Crippen LogP contribution is -2.48. The minimum Gasteiger partial charge on any atom is -0.354 e. The average Bonchev–Trinajstić information content (AvgIpc) is 3.00. The lowest BCUT2D eigenvalue weighted by Gasteiger charge is -2.36. The summed E-state index contributed by atoms with van der Waals surface area (Å²) < 4.78 is 27.0. The van der Waals surface area contributed by atoms with Gasteiger partial charge in [-0.05, 0) is 24.6 Å². The number of amidine groups is 1. The molecular weight excluding hydrogens is 386 g/mol. The molecule has 1 saturated heterocycles. The molecule has 0 aromatic heterocycles. The summed E-state index contributed by atoms with van der Waals surface area (Å²) in [7, 11) is -3.37. The first-order valence-electron chi connectivity index (χ1n) is 8.98. The largest absolute Gasteiger partial charge is 0.354 e. The van der Waals surface area contributed by atoms with Crippen LogP contribution < -0.4 is 0 Å². The first kappa shape index (κ1) is 18.5. The average molecular weight is 408 g/mol. The van der Waals surface area contributed by atoms with E-state index in [0.29, 0.717) is 36.8 Å². The predicted molar refractivity (Wildman–Crippen MR) is 107 cm³/mol. The summed E-state index contributed by atoms with van der Waals surface area (Å²) in [5.74, 6) is 1.76. The van der Waals surface area contributed by atoms with Gasteiger partial charge in [-0.15, -0.1) is 0 Å². The summed E-state index contributed by atoms with van der Waals surface area (Å²) in [6, 6.07) is 7.28. The minimum atomic E-state index is -3.37. The van der Waals surface area contributed by atoms with Gasteiger partial charge < -0.3 is 9.80 Å². The van der Waals surface area contributed by atoms with Crippen LogP contribution >= 0.6 is 11.6 Å². The molecule has 3 heterocycles. The lowest BCUT2D eigenvalue weighted by molar-refractivity contribution is 0.227.